The van der Waals surface area contributed by atoms with E-state index < -0.39 is 0 Å². The highest BCUT2D eigenvalue weighted by molar-refractivity contribution is 8.00. The Labute approximate surface area is 120 Å². The Morgan fingerprint density at radius 3 is 2.63 bits per heavy atom. The van der Waals surface area contributed by atoms with Crippen LogP contribution in [0, 0.1) is 0 Å². The lowest BCUT2D eigenvalue weighted by Crippen LogP contribution is -2.29. The van der Waals surface area contributed by atoms with Crippen molar-refractivity contribution in [2.75, 3.05) is 18.8 Å². The van der Waals surface area contributed by atoms with E-state index in [1.807, 2.05) is 18.2 Å². The fraction of sp³-hybridized carbons (Fsp3) is 0.533. The second kappa shape index (κ2) is 8.99. The third-order valence-corrected chi connectivity index (χ3v) is 4.28. The highest BCUT2D eigenvalue weighted by Gasteiger charge is 2.09. The minimum Gasteiger partial charge on any atom is -0.355 e. The quantitative estimate of drug-likeness (QED) is 0.768. The Morgan fingerprint density at radius 2 is 2.00 bits per heavy atom. The first-order valence-electron chi connectivity index (χ1n) is 6.76. The van der Waals surface area contributed by atoms with Crippen LogP contribution in [0.2, 0.25) is 0 Å². The summed E-state index contributed by atoms with van der Waals surface area (Å²) in [5.74, 6) is 0.969. The monoisotopic (exact) mass is 280 g/mol. The van der Waals surface area contributed by atoms with E-state index in [2.05, 4.69) is 31.3 Å². The van der Waals surface area contributed by atoms with Gasteiger partial charge in [0.15, 0.2) is 0 Å². The second-order valence-corrected chi connectivity index (χ2v) is 6.24. The average molecular weight is 280 g/mol. The van der Waals surface area contributed by atoms with Gasteiger partial charge in [0.1, 0.15) is 0 Å². The van der Waals surface area contributed by atoms with Crippen LogP contribution in [-0.2, 0) is 4.79 Å². The van der Waals surface area contributed by atoms with E-state index in [4.69, 9.17) is 5.73 Å². The highest BCUT2D eigenvalue weighted by atomic mass is 32.2. The van der Waals surface area contributed by atoms with Gasteiger partial charge in [-0.2, -0.15) is 0 Å². The van der Waals surface area contributed by atoms with Crippen molar-refractivity contribution < 1.29 is 4.79 Å². The van der Waals surface area contributed by atoms with Gasteiger partial charge in [-0.15, -0.1) is 11.8 Å². The van der Waals surface area contributed by atoms with E-state index in [0.29, 0.717) is 30.0 Å². The molecule has 2 unspecified atom stereocenters. The average Bonchev–Trinajstić information content (AvgIpc) is 2.44. The van der Waals surface area contributed by atoms with Crippen molar-refractivity contribution in [3.8, 4) is 0 Å². The smallest absolute Gasteiger partial charge is 0.230 e. The van der Waals surface area contributed by atoms with E-state index >= 15 is 0 Å². The highest BCUT2D eigenvalue weighted by Crippen LogP contribution is 2.14. The Kier molecular flexibility index (Phi) is 7.60. The van der Waals surface area contributed by atoms with E-state index in [1.165, 1.54) is 5.56 Å². The fourth-order valence-corrected chi connectivity index (χ4v) is 2.59. The molecule has 1 aromatic carbocycles. The summed E-state index contributed by atoms with van der Waals surface area (Å²) in [7, 11) is 0. The summed E-state index contributed by atoms with van der Waals surface area (Å²) in [4.78, 5) is 11.7. The van der Waals surface area contributed by atoms with Crippen molar-refractivity contribution in [3.05, 3.63) is 35.9 Å². The van der Waals surface area contributed by atoms with Gasteiger partial charge in [-0.3, -0.25) is 4.79 Å². The van der Waals surface area contributed by atoms with Crippen molar-refractivity contribution in [1.29, 1.82) is 0 Å². The Bertz CT molecular complexity index is 370. The Morgan fingerprint density at radius 1 is 1.32 bits per heavy atom. The molecule has 0 fully saturated rings. The van der Waals surface area contributed by atoms with Gasteiger partial charge in [-0.25, -0.2) is 0 Å². The summed E-state index contributed by atoms with van der Waals surface area (Å²) in [5.41, 5.74) is 6.74. The van der Waals surface area contributed by atoms with E-state index in [1.54, 1.807) is 11.8 Å². The third kappa shape index (κ3) is 6.64. The number of thioether (sulfide) groups is 1. The van der Waals surface area contributed by atoms with Crippen LogP contribution in [0.5, 0.6) is 0 Å². The maximum Gasteiger partial charge on any atom is 0.230 e. The molecule has 0 aliphatic rings. The zero-order valence-corrected chi connectivity index (χ0v) is 12.6. The molecular weight excluding hydrogens is 256 g/mol. The molecule has 0 aromatic heterocycles. The van der Waals surface area contributed by atoms with Crippen molar-refractivity contribution >= 4 is 17.7 Å². The Balaban J connectivity index is 2.23. The van der Waals surface area contributed by atoms with Crippen molar-refractivity contribution in [2.24, 2.45) is 5.73 Å². The van der Waals surface area contributed by atoms with Gasteiger partial charge < -0.3 is 11.1 Å². The number of hydrogen-bond donors (Lipinski definition) is 2. The molecule has 4 heteroatoms. The molecule has 1 rings (SSSR count). The molecule has 0 saturated heterocycles. The normalized spacial score (nSPS) is 13.8. The number of carbonyl (C=O) groups is 1. The molecule has 0 bridgehead atoms. The van der Waals surface area contributed by atoms with Crippen LogP contribution < -0.4 is 11.1 Å². The molecule has 2 atom stereocenters. The maximum atomic E-state index is 11.7. The largest absolute Gasteiger partial charge is 0.355 e. The van der Waals surface area contributed by atoms with Gasteiger partial charge in [-0.1, -0.05) is 44.2 Å². The molecule has 1 amide bonds. The molecule has 0 aliphatic heterocycles. The van der Waals surface area contributed by atoms with Crippen LogP contribution in [0.15, 0.2) is 30.3 Å². The predicted octanol–water partition coefficient (Wildman–Crippen LogP) is 2.38. The van der Waals surface area contributed by atoms with Gasteiger partial charge in [0, 0.05) is 11.8 Å². The first kappa shape index (κ1) is 16.1. The number of hydrogen-bond acceptors (Lipinski definition) is 3. The number of rotatable bonds is 8. The molecule has 0 aliphatic carbocycles. The van der Waals surface area contributed by atoms with Gasteiger partial charge >= 0.3 is 0 Å². The number of nitrogens with two attached hydrogens (primary N) is 1. The summed E-state index contributed by atoms with van der Waals surface area (Å²) in [5, 5.41) is 3.43. The molecule has 0 heterocycles. The van der Waals surface area contributed by atoms with Crippen LogP contribution in [0.4, 0.5) is 0 Å². The minimum atomic E-state index is 0.108. The van der Waals surface area contributed by atoms with Crippen molar-refractivity contribution in [3.63, 3.8) is 0 Å². The van der Waals surface area contributed by atoms with Gasteiger partial charge in [0.25, 0.3) is 0 Å². The molecular formula is C15H24N2OS. The molecule has 3 N–H and O–H groups in total. The SMILES string of the molecule is CC(CCN)SCC(=O)NCC(C)c1ccccc1. The number of carbonyl (C=O) groups excluding carboxylic acids is 1. The van der Waals surface area contributed by atoms with E-state index in [9.17, 15) is 4.79 Å². The molecule has 106 valence electrons. The molecule has 0 spiro atoms. The topological polar surface area (TPSA) is 55.1 Å². The van der Waals surface area contributed by atoms with Gasteiger partial charge in [0.05, 0.1) is 5.75 Å². The van der Waals surface area contributed by atoms with Crippen LogP contribution in [-0.4, -0.2) is 30.0 Å². The number of nitrogens with one attached hydrogen (secondary N) is 1. The lowest BCUT2D eigenvalue weighted by atomic mass is 10.0. The van der Waals surface area contributed by atoms with Crippen LogP contribution in [0.3, 0.4) is 0 Å². The predicted molar refractivity (Wildman–Crippen MR) is 83.5 cm³/mol. The van der Waals surface area contributed by atoms with Crippen LogP contribution in [0.1, 0.15) is 31.7 Å². The Hall–Kier alpha value is -1.00. The third-order valence-electron chi connectivity index (χ3n) is 3.05. The fourth-order valence-electron chi connectivity index (χ4n) is 1.75. The van der Waals surface area contributed by atoms with E-state index in [-0.39, 0.29) is 5.91 Å². The maximum absolute atomic E-state index is 11.7. The van der Waals surface area contributed by atoms with Gasteiger partial charge in [0.2, 0.25) is 5.91 Å². The molecule has 0 radical (unpaired) electrons. The first-order valence-corrected chi connectivity index (χ1v) is 7.81. The number of amides is 1. The zero-order valence-electron chi connectivity index (χ0n) is 11.8. The van der Waals surface area contributed by atoms with Crippen molar-refractivity contribution in [2.45, 2.75) is 31.4 Å². The van der Waals surface area contributed by atoms with Crippen LogP contribution >= 0.6 is 11.8 Å². The summed E-state index contributed by atoms with van der Waals surface area (Å²) in [6.45, 7) is 5.60. The summed E-state index contributed by atoms with van der Waals surface area (Å²) < 4.78 is 0. The second-order valence-electron chi connectivity index (χ2n) is 4.81. The molecule has 19 heavy (non-hydrogen) atoms. The summed E-state index contributed by atoms with van der Waals surface area (Å²) >= 11 is 1.66. The van der Waals surface area contributed by atoms with Crippen molar-refractivity contribution in [1.82, 2.24) is 5.32 Å². The molecule has 3 nitrogen and oxygen atoms in total. The summed E-state index contributed by atoms with van der Waals surface area (Å²) in [6.07, 6.45) is 0.957. The molecule has 0 saturated carbocycles. The van der Waals surface area contributed by atoms with E-state index in [0.717, 1.165) is 6.42 Å². The molecule has 1 aromatic rings. The first-order chi connectivity index (χ1) is 9.13. The zero-order chi connectivity index (χ0) is 14.1. The van der Waals surface area contributed by atoms with Crippen LogP contribution in [0.25, 0.3) is 0 Å². The number of benzene rings is 1. The standard InChI is InChI=1S/C15H24N2OS/c1-12(14-6-4-3-5-7-14)10-17-15(18)11-19-13(2)8-9-16/h3-7,12-13H,8-11,16H2,1-2H3,(H,17,18). The lowest BCUT2D eigenvalue weighted by Gasteiger charge is -2.14. The summed E-state index contributed by atoms with van der Waals surface area (Å²) in [6, 6.07) is 10.2. The minimum absolute atomic E-state index is 0.108. The lowest BCUT2D eigenvalue weighted by molar-refractivity contribution is -0.118. The van der Waals surface area contributed by atoms with Gasteiger partial charge in [-0.05, 0) is 24.4 Å².